The van der Waals surface area contributed by atoms with Crippen LogP contribution < -0.4 is 10.3 Å². The number of amides is 1. The largest absolute Gasteiger partial charge is 0.444 e. The van der Waals surface area contributed by atoms with Gasteiger partial charge in [-0.05, 0) is 33.1 Å². The molecule has 2 aliphatic rings. The third-order valence-corrected chi connectivity index (χ3v) is 7.25. The van der Waals surface area contributed by atoms with Crippen molar-refractivity contribution >= 4 is 47.2 Å². The van der Waals surface area contributed by atoms with Gasteiger partial charge in [-0.3, -0.25) is 5.43 Å². The Balaban J connectivity index is 1.63. The van der Waals surface area contributed by atoms with Crippen molar-refractivity contribution < 1.29 is 32.2 Å². The summed E-state index contributed by atoms with van der Waals surface area (Å²) in [4.78, 5) is 25.1. The molecule has 2 fully saturated rings. The number of nitrogens with one attached hydrogen (secondary N) is 1. The topological polar surface area (TPSA) is 125 Å². The second-order valence-electron chi connectivity index (χ2n) is 10.6. The maximum absolute atomic E-state index is 14.1. The number of halogens is 4. The zero-order valence-electron chi connectivity index (χ0n) is 23.9. The van der Waals surface area contributed by atoms with E-state index in [1.165, 1.54) is 41.1 Å². The summed E-state index contributed by atoms with van der Waals surface area (Å²) in [7, 11) is 0. The normalized spacial score (nSPS) is 18.3. The number of nitrogens with zero attached hydrogens (tertiary/aromatic N) is 6. The van der Waals surface area contributed by atoms with Gasteiger partial charge in [0.1, 0.15) is 16.6 Å². The first kappa shape index (κ1) is 32.6. The summed E-state index contributed by atoms with van der Waals surface area (Å²) in [6, 6.07) is 5.59. The number of carbonyl (C=O) groups excluding carboxylic acids is 1. The molecule has 1 atom stereocenters. The molecule has 16 heteroatoms. The Morgan fingerprint density at radius 3 is 2.63 bits per heavy atom. The number of piperazine rings is 1. The first-order chi connectivity index (χ1) is 20.3. The highest BCUT2D eigenvalue weighted by molar-refractivity contribution is 7.98. The van der Waals surface area contributed by atoms with Crippen LogP contribution in [0.3, 0.4) is 0 Å². The Bertz CT molecular complexity index is 1390. The summed E-state index contributed by atoms with van der Waals surface area (Å²) in [6.45, 7) is 6.44. The number of carbonyl (C=O) groups is 1. The van der Waals surface area contributed by atoms with Crippen LogP contribution in [-0.2, 0) is 20.4 Å². The summed E-state index contributed by atoms with van der Waals surface area (Å²) >= 11 is 7.77. The third kappa shape index (κ3) is 7.99. The van der Waals surface area contributed by atoms with Crippen LogP contribution in [0.4, 0.5) is 29.5 Å². The SMILES string of the molecule is CSc1nc(Cl)c(/C=N/Nc2cccc(C3OCCO3)c2C(F)(F)F)c(N2CCN(C(=O)OC(C)(C)C)C(CC#N)C2)n1. The Hall–Kier alpha value is -3.32. The summed E-state index contributed by atoms with van der Waals surface area (Å²) in [6.07, 6.45) is -3.33. The lowest BCUT2D eigenvalue weighted by Gasteiger charge is -2.41. The maximum atomic E-state index is 14.1. The molecule has 1 N–H and O–H groups in total. The zero-order chi connectivity index (χ0) is 31.4. The molecule has 232 valence electrons. The van der Waals surface area contributed by atoms with Crippen LogP contribution >= 0.6 is 23.4 Å². The Kier molecular flexibility index (Phi) is 10.3. The van der Waals surface area contributed by atoms with Crippen molar-refractivity contribution in [3.05, 3.63) is 40.0 Å². The van der Waals surface area contributed by atoms with Gasteiger partial charge in [-0.1, -0.05) is 35.5 Å². The molecule has 1 amide bonds. The van der Waals surface area contributed by atoms with Gasteiger partial charge >= 0.3 is 12.3 Å². The minimum absolute atomic E-state index is 0.0313. The number of benzene rings is 1. The van der Waals surface area contributed by atoms with Gasteiger partial charge in [0.15, 0.2) is 11.4 Å². The highest BCUT2D eigenvalue weighted by atomic mass is 35.5. The zero-order valence-corrected chi connectivity index (χ0v) is 25.5. The van der Waals surface area contributed by atoms with Crippen molar-refractivity contribution in [2.75, 3.05) is 49.4 Å². The molecule has 0 saturated carbocycles. The number of thioether (sulfide) groups is 1. The molecule has 2 aromatic rings. The van der Waals surface area contributed by atoms with Gasteiger partial charge in [0, 0.05) is 25.2 Å². The van der Waals surface area contributed by atoms with Gasteiger partial charge in [0.05, 0.1) is 54.8 Å². The fourth-order valence-electron chi connectivity index (χ4n) is 4.62. The van der Waals surface area contributed by atoms with Gasteiger partial charge in [0.25, 0.3) is 0 Å². The van der Waals surface area contributed by atoms with Gasteiger partial charge < -0.3 is 24.0 Å². The molecule has 0 bridgehead atoms. The molecule has 1 aromatic carbocycles. The molecule has 1 unspecified atom stereocenters. The molecule has 4 rings (SSSR count). The molecular weight excluding hydrogens is 611 g/mol. The third-order valence-electron chi connectivity index (χ3n) is 6.41. The van der Waals surface area contributed by atoms with Crippen LogP contribution in [0.5, 0.6) is 0 Å². The highest BCUT2D eigenvalue weighted by Crippen LogP contribution is 2.41. The number of hydrogen-bond acceptors (Lipinski definition) is 11. The van der Waals surface area contributed by atoms with E-state index < -0.39 is 35.8 Å². The lowest BCUT2D eigenvalue weighted by molar-refractivity contribution is -0.141. The summed E-state index contributed by atoms with van der Waals surface area (Å²) in [5, 5.41) is 13.9. The van der Waals surface area contributed by atoms with E-state index in [2.05, 4.69) is 26.6 Å². The Morgan fingerprint density at radius 1 is 1.28 bits per heavy atom. The first-order valence-corrected chi connectivity index (χ1v) is 14.9. The number of ether oxygens (including phenoxy) is 3. The number of anilines is 2. The predicted octanol–water partition coefficient (Wildman–Crippen LogP) is 5.70. The number of hydrogen-bond donors (Lipinski definition) is 1. The van der Waals surface area contributed by atoms with Crippen molar-refractivity contribution in [2.45, 2.75) is 56.5 Å². The van der Waals surface area contributed by atoms with Gasteiger partial charge in [-0.25, -0.2) is 14.8 Å². The molecule has 2 aliphatic heterocycles. The molecule has 2 saturated heterocycles. The summed E-state index contributed by atoms with van der Waals surface area (Å²) < 4.78 is 58.6. The maximum Gasteiger partial charge on any atom is 0.418 e. The lowest BCUT2D eigenvalue weighted by Crippen LogP contribution is -2.56. The first-order valence-electron chi connectivity index (χ1n) is 13.3. The molecular formula is C27H31ClF3N7O4S. The second-order valence-corrected chi connectivity index (χ2v) is 11.7. The van der Waals surface area contributed by atoms with E-state index in [1.807, 2.05) is 4.90 Å². The van der Waals surface area contributed by atoms with Crippen LogP contribution in [0.2, 0.25) is 5.15 Å². The van der Waals surface area contributed by atoms with E-state index in [4.69, 9.17) is 25.8 Å². The smallest absolute Gasteiger partial charge is 0.418 e. The van der Waals surface area contributed by atoms with Crippen molar-refractivity contribution in [3.8, 4) is 6.07 Å². The minimum atomic E-state index is -4.72. The van der Waals surface area contributed by atoms with E-state index >= 15 is 0 Å². The van der Waals surface area contributed by atoms with Crippen molar-refractivity contribution in [2.24, 2.45) is 5.10 Å². The lowest BCUT2D eigenvalue weighted by atomic mass is 10.0. The molecule has 3 heterocycles. The van der Waals surface area contributed by atoms with Crippen LogP contribution in [0, 0.1) is 11.3 Å². The fraction of sp³-hybridized carbons (Fsp3) is 0.519. The standard InChI is InChI=1S/C27H31ClF3N7O4S/c1-26(2,3)42-25(39)38-11-10-37(15-16(38)8-9-32)22-18(21(28)34-24(35-22)43-4)14-33-36-19-7-5-6-17(20(19)27(29,30)31)23-40-12-13-41-23/h5-7,14,16,23,36H,8,10-13,15H2,1-4H3/b33-14+. The van der Waals surface area contributed by atoms with Crippen molar-refractivity contribution in [3.63, 3.8) is 0 Å². The van der Waals surface area contributed by atoms with E-state index in [1.54, 1.807) is 27.0 Å². The quantitative estimate of drug-likeness (QED) is 0.132. The average molecular weight is 642 g/mol. The molecule has 0 radical (unpaired) electrons. The number of rotatable bonds is 7. The fourth-order valence-corrected chi connectivity index (χ4v) is 5.25. The number of alkyl halides is 3. The molecule has 43 heavy (non-hydrogen) atoms. The number of aromatic nitrogens is 2. The predicted molar refractivity (Wildman–Crippen MR) is 155 cm³/mol. The Labute approximate surface area is 256 Å². The number of nitriles is 1. The second kappa shape index (κ2) is 13.5. The van der Waals surface area contributed by atoms with Crippen LogP contribution in [0.15, 0.2) is 28.5 Å². The monoisotopic (exact) mass is 641 g/mol. The van der Waals surface area contributed by atoms with E-state index in [-0.39, 0.29) is 54.7 Å². The Morgan fingerprint density at radius 2 is 2.00 bits per heavy atom. The van der Waals surface area contributed by atoms with Crippen LogP contribution in [0.25, 0.3) is 0 Å². The average Bonchev–Trinajstić information content (AvgIpc) is 3.47. The number of hydrazone groups is 1. The summed E-state index contributed by atoms with van der Waals surface area (Å²) in [5.74, 6) is 0.360. The molecule has 11 nitrogen and oxygen atoms in total. The van der Waals surface area contributed by atoms with Crippen LogP contribution in [-0.4, -0.2) is 77.9 Å². The van der Waals surface area contributed by atoms with Gasteiger partial charge in [0.2, 0.25) is 0 Å². The van der Waals surface area contributed by atoms with Crippen LogP contribution in [0.1, 0.15) is 50.2 Å². The van der Waals surface area contributed by atoms with Gasteiger partial charge in [-0.15, -0.1) is 0 Å². The minimum Gasteiger partial charge on any atom is -0.444 e. The highest BCUT2D eigenvalue weighted by Gasteiger charge is 2.40. The van der Waals surface area contributed by atoms with E-state index in [9.17, 15) is 23.2 Å². The van der Waals surface area contributed by atoms with Crippen molar-refractivity contribution in [1.82, 2.24) is 14.9 Å². The van der Waals surface area contributed by atoms with E-state index in [0.717, 1.165) is 0 Å². The summed E-state index contributed by atoms with van der Waals surface area (Å²) in [5.41, 5.74) is 0.588. The molecule has 1 aromatic heterocycles. The van der Waals surface area contributed by atoms with Gasteiger partial charge in [-0.2, -0.15) is 23.5 Å². The van der Waals surface area contributed by atoms with Crippen molar-refractivity contribution in [1.29, 1.82) is 5.26 Å². The van der Waals surface area contributed by atoms with E-state index in [0.29, 0.717) is 17.5 Å². The molecule has 0 spiro atoms. The molecule has 0 aliphatic carbocycles.